The Bertz CT molecular complexity index is 1050. The average molecular weight is 454 g/mol. The minimum absolute atomic E-state index is 0.203. The summed E-state index contributed by atoms with van der Waals surface area (Å²) in [6.45, 7) is 3.07. The molecule has 3 aromatic rings. The summed E-state index contributed by atoms with van der Waals surface area (Å²) < 4.78 is 5.28. The summed E-state index contributed by atoms with van der Waals surface area (Å²) in [6, 6.07) is 17.8. The zero-order chi connectivity index (χ0) is 21.6. The summed E-state index contributed by atoms with van der Waals surface area (Å²) in [5, 5.41) is 5.88. The van der Waals surface area contributed by atoms with Gasteiger partial charge in [-0.05, 0) is 24.1 Å². The number of nitrogens with one attached hydrogen (secondary N) is 1. The normalized spacial score (nSPS) is 15.6. The van der Waals surface area contributed by atoms with E-state index in [1.165, 1.54) is 11.3 Å². The largest absolute Gasteiger partial charge is 0.451 e. The first-order chi connectivity index (χ1) is 15.1. The van der Waals surface area contributed by atoms with Gasteiger partial charge in [0.1, 0.15) is 0 Å². The first-order valence-corrected chi connectivity index (χ1v) is 11.8. The van der Waals surface area contributed by atoms with Crippen molar-refractivity contribution in [1.82, 2.24) is 4.98 Å². The van der Waals surface area contributed by atoms with Gasteiger partial charge in [0.2, 0.25) is 0 Å². The molecule has 0 bridgehead atoms. The number of hydrogen-bond acceptors (Lipinski definition) is 7. The minimum atomic E-state index is -0.594. The molecule has 2 heterocycles. The Kier molecular flexibility index (Phi) is 6.89. The molecule has 0 radical (unpaired) electrons. The summed E-state index contributed by atoms with van der Waals surface area (Å²) in [5.41, 5.74) is 2.20. The zero-order valence-electron chi connectivity index (χ0n) is 17.1. The number of thioether (sulfide) groups is 1. The van der Waals surface area contributed by atoms with Gasteiger partial charge in [-0.2, -0.15) is 0 Å². The second-order valence-corrected chi connectivity index (χ2v) is 9.52. The Hall–Kier alpha value is -2.84. The average Bonchev–Trinajstić information content (AvgIpc) is 3.20. The molecule has 1 aliphatic heterocycles. The Morgan fingerprint density at radius 2 is 1.94 bits per heavy atom. The highest BCUT2D eigenvalue weighted by molar-refractivity contribution is 8.00. The molecule has 0 spiro atoms. The number of ether oxygens (including phenoxy) is 1. The number of carbonyl (C=O) groups is 2. The molecule has 1 amide bonds. The van der Waals surface area contributed by atoms with E-state index in [1.54, 1.807) is 22.0 Å². The molecule has 0 saturated carbocycles. The number of benzene rings is 2. The first kappa shape index (κ1) is 21.4. The Morgan fingerprint density at radius 3 is 2.77 bits per heavy atom. The fraction of sp³-hybridized carbons (Fsp3) is 0.261. The van der Waals surface area contributed by atoms with Gasteiger partial charge < -0.3 is 15.0 Å². The number of para-hydroxylation sites is 1. The van der Waals surface area contributed by atoms with Crippen molar-refractivity contribution in [2.45, 2.75) is 30.0 Å². The van der Waals surface area contributed by atoms with Crippen LogP contribution in [0.15, 0.2) is 64.9 Å². The van der Waals surface area contributed by atoms with Crippen molar-refractivity contribution in [1.29, 1.82) is 0 Å². The highest BCUT2D eigenvalue weighted by atomic mass is 32.2. The van der Waals surface area contributed by atoms with Crippen LogP contribution in [0.4, 0.5) is 10.8 Å². The Morgan fingerprint density at radius 1 is 1.16 bits per heavy atom. The predicted molar refractivity (Wildman–Crippen MR) is 125 cm³/mol. The van der Waals surface area contributed by atoms with Gasteiger partial charge in [0.15, 0.2) is 17.4 Å². The SMILES string of the molecule is CC1CCN(C(=O)COC(=O)c2csc(NCc3ccccc3)n2)c2ccccc2S1. The maximum absolute atomic E-state index is 12.8. The minimum Gasteiger partial charge on any atom is -0.451 e. The van der Waals surface area contributed by atoms with Crippen molar-refractivity contribution in [3.05, 3.63) is 71.2 Å². The van der Waals surface area contributed by atoms with E-state index in [1.807, 2.05) is 54.6 Å². The van der Waals surface area contributed by atoms with Crippen LogP contribution in [0.25, 0.3) is 0 Å². The van der Waals surface area contributed by atoms with Crippen molar-refractivity contribution in [2.75, 3.05) is 23.4 Å². The van der Waals surface area contributed by atoms with Crippen LogP contribution >= 0.6 is 23.1 Å². The van der Waals surface area contributed by atoms with Crippen molar-refractivity contribution in [3.8, 4) is 0 Å². The van der Waals surface area contributed by atoms with Crippen LogP contribution in [0.5, 0.6) is 0 Å². The lowest BCUT2D eigenvalue weighted by Crippen LogP contribution is -2.35. The van der Waals surface area contributed by atoms with Crippen LogP contribution in [0.2, 0.25) is 0 Å². The van der Waals surface area contributed by atoms with Crippen molar-refractivity contribution >= 4 is 45.8 Å². The van der Waals surface area contributed by atoms with Crippen LogP contribution in [0.3, 0.4) is 0 Å². The number of fused-ring (bicyclic) bond motifs is 1. The fourth-order valence-electron chi connectivity index (χ4n) is 3.25. The number of aromatic nitrogens is 1. The van der Waals surface area contributed by atoms with Gasteiger partial charge in [-0.1, -0.05) is 49.4 Å². The van der Waals surface area contributed by atoms with E-state index < -0.39 is 5.97 Å². The second-order valence-electron chi connectivity index (χ2n) is 7.18. The molecular weight excluding hydrogens is 430 g/mol. The lowest BCUT2D eigenvalue weighted by Gasteiger charge is -2.22. The van der Waals surface area contributed by atoms with Gasteiger partial charge in [0.25, 0.3) is 5.91 Å². The van der Waals surface area contributed by atoms with E-state index in [-0.39, 0.29) is 18.2 Å². The number of carbonyl (C=O) groups excluding carboxylic acids is 2. The monoisotopic (exact) mass is 453 g/mol. The van der Waals surface area contributed by atoms with Gasteiger partial charge in [0.05, 0.1) is 5.69 Å². The smallest absolute Gasteiger partial charge is 0.358 e. The Balaban J connectivity index is 1.34. The lowest BCUT2D eigenvalue weighted by molar-refractivity contribution is -0.121. The third-order valence-electron chi connectivity index (χ3n) is 4.87. The molecule has 1 unspecified atom stereocenters. The van der Waals surface area contributed by atoms with Crippen LogP contribution < -0.4 is 10.2 Å². The third kappa shape index (κ3) is 5.45. The van der Waals surface area contributed by atoms with Crippen molar-refractivity contribution < 1.29 is 14.3 Å². The number of anilines is 2. The van der Waals surface area contributed by atoms with Crippen molar-refractivity contribution in [2.24, 2.45) is 0 Å². The second kappa shape index (κ2) is 9.98. The molecule has 6 nitrogen and oxygen atoms in total. The summed E-state index contributed by atoms with van der Waals surface area (Å²) in [7, 11) is 0. The van der Waals surface area contributed by atoms with Gasteiger partial charge in [-0.3, -0.25) is 4.79 Å². The maximum atomic E-state index is 12.8. The quantitative estimate of drug-likeness (QED) is 0.539. The molecule has 0 saturated heterocycles. The van der Waals surface area contributed by atoms with E-state index in [0.717, 1.165) is 22.6 Å². The topological polar surface area (TPSA) is 71.5 Å². The summed E-state index contributed by atoms with van der Waals surface area (Å²) in [4.78, 5) is 32.3. The summed E-state index contributed by atoms with van der Waals surface area (Å²) >= 11 is 3.10. The number of nitrogens with zero attached hydrogens (tertiary/aromatic N) is 2. The molecule has 31 heavy (non-hydrogen) atoms. The van der Waals surface area contributed by atoms with Crippen LogP contribution in [-0.4, -0.2) is 35.3 Å². The molecule has 0 aliphatic carbocycles. The fourth-order valence-corrected chi connectivity index (χ4v) is 5.04. The molecule has 1 aromatic heterocycles. The molecular formula is C23H23N3O3S2. The van der Waals surface area contributed by atoms with Gasteiger partial charge >= 0.3 is 5.97 Å². The predicted octanol–water partition coefficient (Wildman–Crippen LogP) is 4.83. The highest BCUT2D eigenvalue weighted by Gasteiger charge is 2.25. The van der Waals surface area contributed by atoms with Gasteiger partial charge in [-0.25, -0.2) is 9.78 Å². The van der Waals surface area contributed by atoms with Crippen LogP contribution in [-0.2, 0) is 16.1 Å². The van der Waals surface area contributed by atoms with E-state index in [0.29, 0.717) is 23.5 Å². The lowest BCUT2D eigenvalue weighted by atomic mass is 10.2. The number of thiazole rings is 1. The third-order valence-corrected chi connectivity index (χ3v) is 6.91. The molecule has 1 aliphatic rings. The van der Waals surface area contributed by atoms with E-state index >= 15 is 0 Å². The van der Waals surface area contributed by atoms with E-state index in [4.69, 9.17) is 4.74 Å². The maximum Gasteiger partial charge on any atom is 0.358 e. The molecule has 8 heteroatoms. The first-order valence-electron chi connectivity index (χ1n) is 10.1. The van der Waals surface area contributed by atoms with E-state index in [2.05, 4.69) is 17.2 Å². The van der Waals surface area contributed by atoms with Gasteiger partial charge in [-0.15, -0.1) is 23.1 Å². The van der Waals surface area contributed by atoms with Crippen molar-refractivity contribution in [3.63, 3.8) is 0 Å². The number of esters is 1. The molecule has 2 aromatic carbocycles. The number of hydrogen-bond donors (Lipinski definition) is 1. The molecule has 160 valence electrons. The van der Waals surface area contributed by atoms with Crippen LogP contribution in [0, 0.1) is 0 Å². The molecule has 1 N–H and O–H groups in total. The van der Waals surface area contributed by atoms with Crippen LogP contribution in [0.1, 0.15) is 29.4 Å². The molecule has 0 fully saturated rings. The Labute approximate surface area is 189 Å². The summed E-state index contributed by atoms with van der Waals surface area (Å²) in [5.74, 6) is -0.823. The standard InChI is InChI=1S/C23H23N3O3S2/c1-16-11-12-26(19-9-5-6-10-20(19)31-16)21(27)14-29-22(28)18-15-30-23(25-18)24-13-17-7-3-2-4-8-17/h2-10,15-16H,11-14H2,1H3,(H,24,25). The number of amides is 1. The summed E-state index contributed by atoms with van der Waals surface area (Å²) in [6.07, 6.45) is 0.877. The number of rotatable bonds is 6. The highest BCUT2D eigenvalue weighted by Crippen LogP contribution is 2.37. The van der Waals surface area contributed by atoms with Gasteiger partial charge in [0, 0.05) is 28.6 Å². The molecule has 4 rings (SSSR count). The zero-order valence-corrected chi connectivity index (χ0v) is 18.7. The molecule has 1 atom stereocenters. The van der Waals surface area contributed by atoms with E-state index in [9.17, 15) is 9.59 Å².